The van der Waals surface area contributed by atoms with E-state index < -0.39 is 0 Å². The van der Waals surface area contributed by atoms with Gasteiger partial charge >= 0.3 is 0 Å². The first-order chi connectivity index (χ1) is 12.6. The third-order valence-electron chi connectivity index (χ3n) is 5.07. The number of carbonyl (C=O) groups is 2. The maximum absolute atomic E-state index is 12.9. The van der Waals surface area contributed by atoms with Crippen LogP contribution < -0.4 is 9.64 Å². The lowest BCUT2D eigenvalue weighted by Gasteiger charge is -2.21. The Bertz CT molecular complexity index is 858. The van der Waals surface area contributed by atoms with Crippen molar-refractivity contribution in [2.75, 3.05) is 18.6 Å². The number of hydrogen-bond donors (Lipinski definition) is 0. The molecule has 2 heterocycles. The summed E-state index contributed by atoms with van der Waals surface area (Å²) in [7, 11) is 1.55. The molecule has 1 fully saturated rings. The van der Waals surface area contributed by atoms with E-state index in [-0.39, 0.29) is 24.2 Å². The van der Waals surface area contributed by atoms with Crippen molar-refractivity contribution in [3.63, 3.8) is 0 Å². The van der Waals surface area contributed by atoms with E-state index in [9.17, 15) is 9.59 Å². The van der Waals surface area contributed by atoms with Gasteiger partial charge in [-0.15, -0.1) is 0 Å². The molecule has 5 nitrogen and oxygen atoms in total. The largest absolute Gasteiger partial charge is 0.495 e. The minimum absolute atomic E-state index is 0.0386. The summed E-state index contributed by atoms with van der Waals surface area (Å²) < 4.78 is 5.15. The number of methoxy groups -OCH3 is 1. The molecular weight excluding hydrogens is 352 g/mol. The lowest BCUT2D eigenvalue weighted by atomic mass is 10.1. The normalized spacial score (nSPS) is 19.0. The van der Waals surface area contributed by atoms with Crippen molar-refractivity contribution in [2.24, 2.45) is 5.92 Å². The maximum Gasteiger partial charge on any atom is 0.228 e. The van der Waals surface area contributed by atoms with Crippen LogP contribution in [-0.4, -0.2) is 30.4 Å². The van der Waals surface area contributed by atoms with Crippen molar-refractivity contribution < 1.29 is 14.3 Å². The summed E-state index contributed by atoms with van der Waals surface area (Å²) in [6, 6.07) is 13.3. The van der Waals surface area contributed by atoms with E-state index in [4.69, 9.17) is 16.3 Å². The van der Waals surface area contributed by atoms with Crippen molar-refractivity contribution in [3.05, 3.63) is 58.6 Å². The fraction of sp³-hybridized carbons (Fsp3) is 0.300. The van der Waals surface area contributed by atoms with Gasteiger partial charge in [-0.2, -0.15) is 0 Å². The van der Waals surface area contributed by atoms with Crippen molar-refractivity contribution in [1.29, 1.82) is 0 Å². The molecule has 0 bridgehead atoms. The molecule has 2 aliphatic heterocycles. The number of fused-ring (bicyclic) bond motifs is 1. The van der Waals surface area contributed by atoms with Gasteiger partial charge in [0, 0.05) is 31.7 Å². The molecule has 2 aliphatic rings. The molecule has 6 heteroatoms. The Labute approximate surface area is 157 Å². The number of hydrogen-bond acceptors (Lipinski definition) is 3. The standard InChI is InChI=1S/C20H19ClN2O3/c1-26-18-7-6-16(9-17(18)21)23-12-15(8-19(23)24)20(25)22-10-13-4-2-3-5-14(13)11-22/h2-7,9,15H,8,10-12H2,1H3. The number of nitrogens with zero attached hydrogens (tertiary/aromatic N) is 2. The minimum Gasteiger partial charge on any atom is -0.495 e. The minimum atomic E-state index is -0.322. The van der Waals surface area contributed by atoms with Gasteiger partial charge in [0.2, 0.25) is 11.8 Å². The molecule has 4 rings (SSSR count). The average molecular weight is 371 g/mol. The Kier molecular flexibility index (Phi) is 4.32. The number of ether oxygens (including phenoxy) is 1. The van der Waals surface area contributed by atoms with Gasteiger partial charge in [-0.1, -0.05) is 35.9 Å². The molecule has 0 radical (unpaired) electrons. The Balaban J connectivity index is 1.48. The van der Waals surface area contributed by atoms with Crippen LogP contribution in [0, 0.1) is 5.92 Å². The van der Waals surface area contributed by atoms with Gasteiger partial charge < -0.3 is 14.5 Å². The monoisotopic (exact) mass is 370 g/mol. The summed E-state index contributed by atoms with van der Waals surface area (Å²) in [4.78, 5) is 28.9. The van der Waals surface area contributed by atoms with E-state index in [1.54, 1.807) is 30.2 Å². The second-order valence-corrected chi connectivity index (χ2v) is 7.09. The predicted octanol–water partition coefficient (Wildman–Crippen LogP) is 3.24. The summed E-state index contributed by atoms with van der Waals surface area (Å²) >= 11 is 6.17. The molecule has 0 aromatic heterocycles. The highest BCUT2D eigenvalue weighted by atomic mass is 35.5. The van der Waals surface area contributed by atoms with Crippen LogP contribution in [0.1, 0.15) is 17.5 Å². The fourth-order valence-corrected chi connectivity index (χ4v) is 3.94. The first-order valence-electron chi connectivity index (χ1n) is 8.56. The number of benzene rings is 2. The van der Waals surface area contributed by atoms with Crippen LogP contribution >= 0.6 is 11.6 Å². The second-order valence-electron chi connectivity index (χ2n) is 6.69. The van der Waals surface area contributed by atoms with E-state index in [1.807, 2.05) is 29.2 Å². The SMILES string of the molecule is COc1ccc(N2CC(C(=O)N3Cc4ccccc4C3)CC2=O)cc1Cl. The Hall–Kier alpha value is -2.53. The molecule has 1 unspecified atom stereocenters. The van der Waals surface area contributed by atoms with Crippen LogP contribution in [-0.2, 0) is 22.7 Å². The van der Waals surface area contributed by atoms with Gasteiger partial charge in [-0.25, -0.2) is 0 Å². The van der Waals surface area contributed by atoms with Gasteiger partial charge in [0.15, 0.2) is 0 Å². The number of halogens is 1. The van der Waals surface area contributed by atoms with Gasteiger partial charge in [0.05, 0.1) is 18.1 Å². The third kappa shape index (κ3) is 2.92. The number of rotatable bonds is 3. The Morgan fingerprint density at radius 2 is 1.85 bits per heavy atom. The molecule has 0 N–H and O–H groups in total. The van der Waals surface area contributed by atoms with E-state index in [1.165, 1.54) is 11.1 Å². The zero-order valence-corrected chi connectivity index (χ0v) is 15.2. The van der Waals surface area contributed by atoms with Gasteiger partial charge in [-0.05, 0) is 29.3 Å². The fourth-order valence-electron chi connectivity index (χ4n) is 3.69. The topological polar surface area (TPSA) is 49.9 Å². The molecule has 134 valence electrons. The highest BCUT2D eigenvalue weighted by Gasteiger charge is 2.38. The summed E-state index contributed by atoms with van der Waals surface area (Å²) in [5, 5.41) is 0.447. The quantitative estimate of drug-likeness (QED) is 0.833. The van der Waals surface area contributed by atoms with Gasteiger partial charge in [-0.3, -0.25) is 9.59 Å². The van der Waals surface area contributed by atoms with Crippen LogP contribution in [0.3, 0.4) is 0 Å². The summed E-state index contributed by atoms with van der Waals surface area (Å²) in [5.74, 6) is 0.222. The van der Waals surface area contributed by atoms with Crippen molar-refractivity contribution in [3.8, 4) is 5.75 Å². The number of amides is 2. The molecule has 0 saturated carbocycles. The summed E-state index contributed by atoms with van der Waals surface area (Å²) in [6.45, 7) is 1.62. The maximum atomic E-state index is 12.9. The molecule has 1 saturated heterocycles. The molecule has 0 aliphatic carbocycles. The van der Waals surface area contributed by atoms with Crippen LogP contribution in [0.25, 0.3) is 0 Å². The Morgan fingerprint density at radius 3 is 2.46 bits per heavy atom. The van der Waals surface area contributed by atoms with E-state index in [2.05, 4.69) is 0 Å². The first kappa shape index (κ1) is 16.9. The van der Waals surface area contributed by atoms with Crippen molar-refractivity contribution in [2.45, 2.75) is 19.5 Å². The van der Waals surface area contributed by atoms with Crippen LogP contribution in [0.15, 0.2) is 42.5 Å². The number of anilines is 1. The predicted molar refractivity (Wildman–Crippen MR) is 99.2 cm³/mol. The Morgan fingerprint density at radius 1 is 1.15 bits per heavy atom. The van der Waals surface area contributed by atoms with E-state index in [0.29, 0.717) is 36.1 Å². The zero-order valence-electron chi connectivity index (χ0n) is 14.4. The molecule has 0 spiro atoms. The van der Waals surface area contributed by atoms with Gasteiger partial charge in [0.25, 0.3) is 0 Å². The lowest BCUT2D eigenvalue weighted by molar-refractivity contribution is -0.136. The summed E-state index contributed by atoms with van der Waals surface area (Å²) in [6.07, 6.45) is 0.231. The first-order valence-corrected chi connectivity index (χ1v) is 8.94. The summed E-state index contributed by atoms with van der Waals surface area (Å²) in [5.41, 5.74) is 3.06. The molecular formula is C20H19ClN2O3. The number of carbonyl (C=O) groups excluding carboxylic acids is 2. The zero-order chi connectivity index (χ0) is 18.3. The van der Waals surface area contributed by atoms with Crippen LogP contribution in [0.4, 0.5) is 5.69 Å². The second kappa shape index (κ2) is 6.65. The average Bonchev–Trinajstić information content (AvgIpc) is 3.24. The van der Waals surface area contributed by atoms with E-state index in [0.717, 1.165) is 0 Å². The van der Waals surface area contributed by atoms with Crippen LogP contribution in [0.5, 0.6) is 5.75 Å². The van der Waals surface area contributed by atoms with Crippen molar-refractivity contribution in [1.82, 2.24) is 4.90 Å². The van der Waals surface area contributed by atoms with Crippen LogP contribution in [0.2, 0.25) is 5.02 Å². The smallest absolute Gasteiger partial charge is 0.228 e. The van der Waals surface area contributed by atoms with Crippen molar-refractivity contribution >= 4 is 29.1 Å². The highest BCUT2D eigenvalue weighted by molar-refractivity contribution is 6.32. The highest BCUT2D eigenvalue weighted by Crippen LogP contribution is 2.33. The van der Waals surface area contributed by atoms with E-state index >= 15 is 0 Å². The third-order valence-corrected chi connectivity index (χ3v) is 5.37. The molecule has 2 amide bonds. The van der Waals surface area contributed by atoms with Gasteiger partial charge in [0.1, 0.15) is 5.75 Å². The lowest BCUT2D eigenvalue weighted by Crippen LogP contribution is -2.34. The molecule has 2 aromatic rings. The molecule has 1 atom stereocenters. The molecule has 2 aromatic carbocycles. The molecule has 26 heavy (non-hydrogen) atoms.